The molecule has 0 radical (unpaired) electrons. The summed E-state index contributed by atoms with van der Waals surface area (Å²) in [7, 11) is -1.20. The monoisotopic (exact) mass is 287 g/mol. The van der Waals surface area contributed by atoms with E-state index in [1.54, 1.807) is 10.9 Å². The Morgan fingerprint density at radius 2 is 2.00 bits per heavy atom. The fourth-order valence-electron chi connectivity index (χ4n) is 2.26. The Morgan fingerprint density at radius 1 is 1.37 bits per heavy atom. The van der Waals surface area contributed by atoms with E-state index in [4.69, 9.17) is 5.73 Å². The molecule has 0 aromatic carbocycles. The molecule has 0 amide bonds. The summed E-state index contributed by atoms with van der Waals surface area (Å²) in [5, 5.41) is 4.11. The minimum absolute atomic E-state index is 0.0847. The largest absolute Gasteiger partial charge is 0.323 e. The predicted octanol–water partition coefficient (Wildman–Crippen LogP) is -1.00. The Bertz CT molecular complexity index is 519. The number of nitrogens with two attached hydrogens (primary N) is 1. The first-order valence-corrected chi connectivity index (χ1v) is 8.12. The van der Waals surface area contributed by atoms with Crippen LogP contribution < -0.4 is 5.73 Å². The van der Waals surface area contributed by atoms with Crippen LogP contribution in [0.5, 0.6) is 0 Å². The van der Waals surface area contributed by atoms with E-state index in [2.05, 4.69) is 10.00 Å². The van der Waals surface area contributed by atoms with Crippen molar-refractivity contribution in [3.63, 3.8) is 0 Å². The Labute approximate surface area is 114 Å². The molecule has 0 aliphatic carbocycles. The molecule has 7 nitrogen and oxygen atoms in total. The molecule has 8 heteroatoms. The zero-order valence-electron chi connectivity index (χ0n) is 11.4. The van der Waals surface area contributed by atoms with Gasteiger partial charge in [-0.25, -0.2) is 8.42 Å². The lowest BCUT2D eigenvalue weighted by Crippen LogP contribution is -2.49. The molecule has 0 spiro atoms. The topological polar surface area (TPSA) is 84.5 Å². The lowest BCUT2D eigenvalue weighted by Gasteiger charge is -2.34. The van der Waals surface area contributed by atoms with E-state index in [9.17, 15) is 8.42 Å². The summed E-state index contributed by atoms with van der Waals surface area (Å²) >= 11 is 0. The number of hydrogen-bond acceptors (Lipinski definition) is 5. The van der Waals surface area contributed by atoms with Gasteiger partial charge in [-0.15, -0.1) is 0 Å². The van der Waals surface area contributed by atoms with Crippen molar-refractivity contribution >= 4 is 10.0 Å². The minimum atomic E-state index is -3.06. The molecule has 1 aliphatic rings. The Balaban J connectivity index is 1.86. The van der Waals surface area contributed by atoms with Crippen LogP contribution in [0.15, 0.2) is 12.4 Å². The van der Waals surface area contributed by atoms with Gasteiger partial charge >= 0.3 is 0 Å². The van der Waals surface area contributed by atoms with Gasteiger partial charge in [0.05, 0.1) is 12.5 Å². The average Bonchev–Trinajstić information content (AvgIpc) is 2.75. The third-order valence-electron chi connectivity index (χ3n) is 3.41. The van der Waals surface area contributed by atoms with Crippen molar-refractivity contribution in [1.29, 1.82) is 0 Å². The third-order valence-corrected chi connectivity index (χ3v) is 4.71. The Morgan fingerprint density at radius 3 is 2.47 bits per heavy atom. The maximum atomic E-state index is 11.4. The van der Waals surface area contributed by atoms with Crippen molar-refractivity contribution in [2.45, 2.75) is 6.04 Å². The lowest BCUT2D eigenvalue weighted by atomic mass is 10.1. The molecule has 0 bridgehead atoms. The number of aromatic nitrogens is 2. The van der Waals surface area contributed by atoms with Crippen LogP contribution in [0.1, 0.15) is 11.6 Å². The van der Waals surface area contributed by atoms with Crippen molar-refractivity contribution in [2.24, 2.45) is 12.8 Å². The highest BCUT2D eigenvalue weighted by Crippen LogP contribution is 2.13. The standard InChI is InChI=1S/C11H21N5O2S/c1-14-8-10(7-13-14)11(12)9-15-3-5-16(6-4-15)19(2,17)18/h7-8,11H,3-6,9,12H2,1-2H3. The van der Waals surface area contributed by atoms with Crippen LogP contribution in [-0.4, -0.2) is 66.4 Å². The molecule has 1 atom stereocenters. The number of nitrogens with zero attached hydrogens (tertiary/aromatic N) is 4. The van der Waals surface area contributed by atoms with E-state index in [1.165, 1.54) is 10.6 Å². The van der Waals surface area contributed by atoms with Crippen molar-refractivity contribution in [3.05, 3.63) is 18.0 Å². The average molecular weight is 287 g/mol. The number of piperazine rings is 1. The SMILES string of the molecule is Cn1cc(C(N)CN2CCN(S(C)(=O)=O)CC2)cn1. The molecule has 1 aromatic rings. The van der Waals surface area contributed by atoms with E-state index in [-0.39, 0.29) is 6.04 Å². The minimum Gasteiger partial charge on any atom is -0.323 e. The van der Waals surface area contributed by atoms with Crippen LogP contribution >= 0.6 is 0 Å². The zero-order chi connectivity index (χ0) is 14.0. The number of aryl methyl sites for hydroxylation is 1. The molecule has 108 valence electrons. The van der Waals surface area contributed by atoms with Gasteiger partial charge in [0.2, 0.25) is 10.0 Å². The summed E-state index contributed by atoms with van der Waals surface area (Å²) in [6.07, 6.45) is 4.94. The molecule has 1 unspecified atom stereocenters. The molecule has 2 N–H and O–H groups in total. The molecular weight excluding hydrogens is 266 g/mol. The van der Waals surface area contributed by atoms with Crippen molar-refractivity contribution in [2.75, 3.05) is 39.0 Å². The maximum absolute atomic E-state index is 11.4. The van der Waals surface area contributed by atoms with Gasteiger partial charge in [-0.05, 0) is 0 Å². The molecule has 19 heavy (non-hydrogen) atoms. The lowest BCUT2D eigenvalue weighted by molar-refractivity contribution is 0.180. The number of sulfonamides is 1. The van der Waals surface area contributed by atoms with Crippen molar-refractivity contribution in [3.8, 4) is 0 Å². The smallest absolute Gasteiger partial charge is 0.211 e. The summed E-state index contributed by atoms with van der Waals surface area (Å²) in [4.78, 5) is 2.19. The van der Waals surface area contributed by atoms with Crippen molar-refractivity contribution < 1.29 is 8.42 Å². The number of rotatable bonds is 4. The van der Waals surface area contributed by atoms with Gasteiger partial charge in [0.1, 0.15) is 0 Å². The van der Waals surface area contributed by atoms with Gasteiger partial charge in [0, 0.05) is 57.6 Å². The maximum Gasteiger partial charge on any atom is 0.211 e. The molecular formula is C11H21N5O2S. The van der Waals surface area contributed by atoms with Crippen LogP contribution in [0.4, 0.5) is 0 Å². The first-order valence-electron chi connectivity index (χ1n) is 6.28. The highest BCUT2D eigenvalue weighted by molar-refractivity contribution is 7.88. The second kappa shape index (κ2) is 5.58. The first kappa shape index (κ1) is 14.4. The summed E-state index contributed by atoms with van der Waals surface area (Å²) in [6, 6.07) is -0.0847. The van der Waals surface area contributed by atoms with Gasteiger partial charge < -0.3 is 5.73 Å². The molecule has 1 saturated heterocycles. The summed E-state index contributed by atoms with van der Waals surface area (Å²) < 4.78 is 26.1. The second-order valence-electron chi connectivity index (χ2n) is 5.02. The third kappa shape index (κ3) is 3.75. The van der Waals surface area contributed by atoms with Gasteiger partial charge in [-0.1, -0.05) is 0 Å². The molecule has 1 aromatic heterocycles. The zero-order valence-corrected chi connectivity index (χ0v) is 12.2. The van der Waals surface area contributed by atoms with E-state index in [0.717, 1.165) is 25.2 Å². The Kier molecular flexibility index (Phi) is 4.24. The number of hydrogen-bond donors (Lipinski definition) is 1. The van der Waals surface area contributed by atoms with E-state index in [1.807, 2.05) is 13.2 Å². The van der Waals surface area contributed by atoms with Gasteiger partial charge in [0.15, 0.2) is 0 Å². The highest BCUT2D eigenvalue weighted by Gasteiger charge is 2.24. The van der Waals surface area contributed by atoms with Crippen LogP contribution in [0.2, 0.25) is 0 Å². The molecule has 1 fully saturated rings. The van der Waals surface area contributed by atoms with Crippen LogP contribution in [0.25, 0.3) is 0 Å². The fraction of sp³-hybridized carbons (Fsp3) is 0.727. The summed E-state index contributed by atoms with van der Waals surface area (Å²) in [5.74, 6) is 0. The van der Waals surface area contributed by atoms with E-state index in [0.29, 0.717) is 13.1 Å². The first-order chi connectivity index (χ1) is 8.86. The van der Waals surface area contributed by atoms with E-state index < -0.39 is 10.0 Å². The van der Waals surface area contributed by atoms with Crippen LogP contribution in [0, 0.1) is 0 Å². The van der Waals surface area contributed by atoms with Crippen LogP contribution in [-0.2, 0) is 17.1 Å². The van der Waals surface area contributed by atoms with Gasteiger partial charge in [0.25, 0.3) is 0 Å². The van der Waals surface area contributed by atoms with Crippen molar-refractivity contribution in [1.82, 2.24) is 19.0 Å². The predicted molar refractivity (Wildman–Crippen MR) is 73.0 cm³/mol. The van der Waals surface area contributed by atoms with Gasteiger partial charge in [-0.3, -0.25) is 9.58 Å². The quantitative estimate of drug-likeness (QED) is 0.767. The van der Waals surface area contributed by atoms with E-state index >= 15 is 0 Å². The fourth-order valence-corrected chi connectivity index (χ4v) is 3.09. The van der Waals surface area contributed by atoms with Crippen LogP contribution in [0.3, 0.4) is 0 Å². The summed E-state index contributed by atoms with van der Waals surface area (Å²) in [5.41, 5.74) is 7.14. The highest BCUT2D eigenvalue weighted by atomic mass is 32.2. The Hall–Kier alpha value is -0.960. The molecule has 2 heterocycles. The molecule has 0 saturated carbocycles. The summed E-state index contributed by atoms with van der Waals surface area (Å²) in [6.45, 7) is 3.25. The molecule has 1 aliphatic heterocycles. The molecule has 2 rings (SSSR count). The normalized spacial score (nSPS) is 20.6. The van der Waals surface area contributed by atoms with Gasteiger partial charge in [-0.2, -0.15) is 9.40 Å². The second-order valence-corrected chi connectivity index (χ2v) is 7.00.